The van der Waals surface area contributed by atoms with E-state index in [-0.39, 0.29) is 5.91 Å². The van der Waals surface area contributed by atoms with Gasteiger partial charge in [-0.1, -0.05) is 49.0 Å². The number of aromatic nitrogens is 4. The molecule has 156 valence electrons. The molecule has 7 heteroatoms. The molecule has 0 radical (unpaired) electrons. The van der Waals surface area contributed by atoms with E-state index in [1.54, 1.807) is 12.4 Å². The molecule has 0 bridgehead atoms. The van der Waals surface area contributed by atoms with Crippen molar-refractivity contribution in [3.8, 4) is 11.4 Å². The van der Waals surface area contributed by atoms with Crippen LogP contribution < -0.4 is 0 Å². The summed E-state index contributed by atoms with van der Waals surface area (Å²) in [7, 11) is 0. The van der Waals surface area contributed by atoms with Gasteiger partial charge in [0.05, 0.1) is 12.3 Å². The van der Waals surface area contributed by atoms with Crippen LogP contribution in [0, 0.1) is 0 Å². The molecule has 6 nitrogen and oxygen atoms in total. The van der Waals surface area contributed by atoms with Crippen LogP contribution in [-0.2, 0) is 11.3 Å². The molecule has 0 unspecified atom stereocenters. The van der Waals surface area contributed by atoms with Gasteiger partial charge in [-0.25, -0.2) is 0 Å². The summed E-state index contributed by atoms with van der Waals surface area (Å²) >= 11 is 1.47. The Bertz CT molecular complexity index is 960. The monoisotopic (exact) mass is 421 g/mol. The van der Waals surface area contributed by atoms with Crippen molar-refractivity contribution >= 4 is 17.7 Å². The van der Waals surface area contributed by atoms with Crippen molar-refractivity contribution in [3.05, 3.63) is 60.4 Å². The van der Waals surface area contributed by atoms with Crippen LogP contribution in [0.1, 0.15) is 38.2 Å². The summed E-state index contributed by atoms with van der Waals surface area (Å²) in [6, 6.07) is 14.5. The Morgan fingerprint density at radius 2 is 2.00 bits per heavy atom. The van der Waals surface area contributed by atoms with Gasteiger partial charge in [-0.15, -0.1) is 10.2 Å². The Hall–Kier alpha value is -2.67. The highest BCUT2D eigenvalue weighted by molar-refractivity contribution is 7.99. The van der Waals surface area contributed by atoms with Crippen molar-refractivity contribution in [1.82, 2.24) is 24.6 Å². The van der Waals surface area contributed by atoms with Crippen LogP contribution in [0.4, 0.5) is 0 Å². The zero-order chi connectivity index (χ0) is 20.8. The van der Waals surface area contributed by atoms with Gasteiger partial charge in [-0.3, -0.25) is 14.3 Å². The van der Waals surface area contributed by atoms with E-state index >= 15 is 0 Å². The maximum Gasteiger partial charge on any atom is 0.233 e. The quantitative estimate of drug-likeness (QED) is 0.533. The van der Waals surface area contributed by atoms with Crippen LogP contribution in [0.15, 0.2) is 60.0 Å². The first-order valence-electron chi connectivity index (χ1n) is 10.6. The van der Waals surface area contributed by atoms with Gasteiger partial charge in [0.1, 0.15) is 0 Å². The van der Waals surface area contributed by atoms with Crippen molar-refractivity contribution in [2.75, 3.05) is 12.3 Å². The number of nitrogens with zero attached hydrogens (tertiary/aromatic N) is 5. The number of benzene rings is 1. The van der Waals surface area contributed by atoms with E-state index in [1.807, 2.05) is 30.3 Å². The number of rotatable bonds is 7. The van der Waals surface area contributed by atoms with E-state index in [0.717, 1.165) is 47.9 Å². The first-order valence-corrected chi connectivity index (χ1v) is 11.5. The molecule has 1 aliphatic rings. The van der Waals surface area contributed by atoms with Crippen LogP contribution in [0.3, 0.4) is 0 Å². The number of pyridine rings is 1. The topological polar surface area (TPSA) is 63.9 Å². The zero-order valence-corrected chi connectivity index (χ0v) is 18.1. The van der Waals surface area contributed by atoms with Crippen molar-refractivity contribution in [3.63, 3.8) is 0 Å². The standard InChI is InChI=1S/C23H27N5OS/c1-2-20-12-6-7-14-27(20)21(29)17-30-23-26-25-22(19-11-8-13-24-15-19)28(23)16-18-9-4-3-5-10-18/h3-5,8-11,13,15,20H,2,6-7,12,14,16-17H2,1H3/t20-/m1/s1. The number of thioether (sulfide) groups is 1. The average molecular weight is 422 g/mol. The molecule has 1 fully saturated rings. The van der Waals surface area contributed by atoms with Gasteiger partial charge in [0.25, 0.3) is 0 Å². The number of amides is 1. The van der Waals surface area contributed by atoms with Gasteiger partial charge < -0.3 is 4.90 Å². The fourth-order valence-corrected chi connectivity index (χ4v) is 4.80. The second-order valence-electron chi connectivity index (χ2n) is 7.55. The summed E-state index contributed by atoms with van der Waals surface area (Å²) < 4.78 is 2.08. The number of piperidine rings is 1. The molecular weight excluding hydrogens is 394 g/mol. The number of carbonyl (C=O) groups is 1. The summed E-state index contributed by atoms with van der Waals surface area (Å²) in [5, 5.41) is 9.61. The Labute approximate surface area is 181 Å². The first kappa shape index (κ1) is 20.6. The Balaban J connectivity index is 1.55. The summed E-state index contributed by atoms with van der Waals surface area (Å²) in [5.41, 5.74) is 2.08. The Morgan fingerprint density at radius 3 is 2.77 bits per heavy atom. The summed E-state index contributed by atoms with van der Waals surface area (Å²) in [6.45, 7) is 3.69. The Kier molecular flexibility index (Phi) is 6.79. The lowest BCUT2D eigenvalue weighted by molar-refractivity contribution is -0.132. The number of hydrogen-bond acceptors (Lipinski definition) is 5. The van der Waals surface area contributed by atoms with Gasteiger partial charge in [0.15, 0.2) is 11.0 Å². The average Bonchev–Trinajstić information content (AvgIpc) is 3.21. The van der Waals surface area contributed by atoms with Crippen LogP contribution >= 0.6 is 11.8 Å². The van der Waals surface area contributed by atoms with E-state index in [9.17, 15) is 4.79 Å². The second kappa shape index (κ2) is 9.89. The molecule has 0 saturated carbocycles. The molecule has 1 amide bonds. The van der Waals surface area contributed by atoms with E-state index in [2.05, 4.69) is 43.7 Å². The predicted molar refractivity (Wildman–Crippen MR) is 119 cm³/mol. The molecule has 3 aromatic rings. The fraction of sp³-hybridized carbons (Fsp3) is 0.391. The van der Waals surface area contributed by atoms with E-state index in [4.69, 9.17) is 0 Å². The lowest BCUT2D eigenvalue weighted by Crippen LogP contribution is -2.44. The number of likely N-dealkylation sites (tertiary alicyclic amines) is 1. The Morgan fingerprint density at radius 1 is 1.13 bits per heavy atom. The van der Waals surface area contributed by atoms with Crippen LogP contribution in [0.25, 0.3) is 11.4 Å². The summed E-state index contributed by atoms with van der Waals surface area (Å²) in [4.78, 5) is 19.2. The maximum absolute atomic E-state index is 12.9. The molecule has 1 saturated heterocycles. The van der Waals surface area contributed by atoms with Crippen molar-refractivity contribution in [1.29, 1.82) is 0 Å². The first-order chi connectivity index (χ1) is 14.8. The molecule has 1 aliphatic heterocycles. The fourth-order valence-electron chi connectivity index (χ4n) is 3.98. The second-order valence-corrected chi connectivity index (χ2v) is 8.50. The third kappa shape index (κ3) is 4.73. The zero-order valence-electron chi connectivity index (χ0n) is 17.3. The molecule has 1 atom stereocenters. The highest BCUT2D eigenvalue weighted by Gasteiger charge is 2.26. The third-order valence-electron chi connectivity index (χ3n) is 5.56. The minimum absolute atomic E-state index is 0.198. The minimum Gasteiger partial charge on any atom is -0.339 e. The molecule has 0 aliphatic carbocycles. The molecule has 0 N–H and O–H groups in total. The van der Waals surface area contributed by atoms with E-state index in [1.165, 1.54) is 18.2 Å². The van der Waals surface area contributed by atoms with Crippen LogP contribution in [0.5, 0.6) is 0 Å². The third-order valence-corrected chi connectivity index (χ3v) is 6.52. The molecule has 0 spiro atoms. The highest BCUT2D eigenvalue weighted by atomic mass is 32.2. The highest BCUT2D eigenvalue weighted by Crippen LogP contribution is 2.26. The van der Waals surface area contributed by atoms with Gasteiger partial charge in [0.2, 0.25) is 5.91 Å². The lowest BCUT2D eigenvalue weighted by Gasteiger charge is -2.35. The van der Waals surface area contributed by atoms with Crippen molar-refractivity contribution < 1.29 is 4.79 Å². The van der Waals surface area contributed by atoms with Gasteiger partial charge in [0, 0.05) is 30.5 Å². The lowest BCUT2D eigenvalue weighted by atomic mass is 10.0. The van der Waals surface area contributed by atoms with Crippen molar-refractivity contribution in [2.24, 2.45) is 0 Å². The SMILES string of the molecule is CC[C@@H]1CCCCN1C(=O)CSc1nnc(-c2cccnc2)n1Cc1ccccc1. The molecule has 2 aromatic heterocycles. The smallest absolute Gasteiger partial charge is 0.233 e. The van der Waals surface area contributed by atoms with E-state index < -0.39 is 0 Å². The van der Waals surface area contributed by atoms with E-state index in [0.29, 0.717) is 18.3 Å². The van der Waals surface area contributed by atoms with Crippen LogP contribution in [-0.4, -0.2) is 48.9 Å². The van der Waals surface area contributed by atoms with Gasteiger partial charge in [-0.2, -0.15) is 0 Å². The molecule has 3 heterocycles. The molecular formula is C23H27N5OS. The minimum atomic E-state index is 0.198. The number of carbonyl (C=O) groups excluding carboxylic acids is 1. The summed E-state index contributed by atoms with van der Waals surface area (Å²) in [6.07, 6.45) is 7.99. The van der Waals surface area contributed by atoms with Gasteiger partial charge in [-0.05, 0) is 43.4 Å². The molecule has 1 aromatic carbocycles. The summed E-state index contributed by atoms with van der Waals surface area (Å²) in [5.74, 6) is 1.35. The predicted octanol–water partition coefficient (Wildman–Crippen LogP) is 4.27. The molecule has 4 rings (SSSR count). The molecule has 30 heavy (non-hydrogen) atoms. The normalized spacial score (nSPS) is 16.6. The van der Waals surface area contributed by atoms with Gasteiger partial charge >= 0.3 is 0 Å². The maximum atomic E-state index is 12.9. The largest absolute Gasteiger partial charge is 0.339 e. The van der Waals surface area contributed by atoms with Crippen molar-refractivity contribution in [2.45, 2.75) is 50.4 Å². The van der Waals surface area contributed by atoms with Crippen LogP contribution in [0.2, 0.25) is 0 Å². The number of hydrogen-bond donors (Lipinski definition) is 0.